The van der Waals surface area contributed by atoms with Crippen molar-refractivity contribution in [3.63, 3.8) is 0 Å². The predicted molar refractivity (Wildman–Crippen MR) is 71.4 cm³/mol. The van der Waals surface area contributed by atoms with Gasteiger partial charge >= 0.3 is 0 Å². The minimum Gasteiger partial charge on any atom is -0.359 e. The Morgan fingerprint density at radius 2 is 1.67 bits per heavy atom. The summed E-state index contributed by atoms with van der Waals surface area (Å²) in [6.07, 6.45) is -0.178. The smallest absolute Gasteiger partial charge is 0.252 e. The summed E-state index contributed by atoms with van der Waals surface area (Å²) >= 11 is 0. The van der Waals surface area contributed by atoms with Crippen molar-refractivity contribution in [2.24, 2.45) is 0 Å². The molecule has 0 aliphatic carbocycles. The van der Waals surface area contributed by atoms with Gasteiger partial charge in [-0.15, -0.1) is 0 Å². The van der Waals surface area contributed by atoms with Crippen molar-refractivity contribution in [2.75, 3.05) is 0 Å². The fraction of sp³-hybridized carbons (Fsp3) is 0.533. The van der Waals surface area contributed by atoms with Gasteiger partial charge in [-0.25, -0.2) is 0 Å². The normalized spacial score (nSPS) is 23.8. The third kappa shape index (κ3) is 2.91. The number of nitrogens with one attached hydrogen (secondary N) is 1. The van der Waals surface area contributed by atoms with Crippen molar-refractivity contribution >= 4 is 5.91 Å². The number of epoxide rings is 1. The summed E-state index contributed by atoms with van der Waals surface area (Å²) in [5.74, 6) is 0.521. The second-order valence-corrected chi connectivity index (χ2v) is 5.31. The lowest BCUT2D eigenvalue weighted by Crippen LogP contribution is -2.31. The van der Waals surface area contributed by atoms with E-state index >= 15 is 0 Å². The summed E-state index contributed by atoms with van der Waals surface area (Å²) in [6.45, 7) is 8.25. The highest BCUT2D eigenvalue weighted by atomic mass is 16.6. The van der Waals surface area contributed by atoms with Crippen molar-refractivity contribution < 1.29 is 9.53 Å². The predicted octanol–water partition coefficient (Wildman–Crippen LogP) is 2.77. The zero-order chi connectivity index (χ0) is 13.3. The molecule has 0 spiro atoms. The van der Waals surface area contributed by atoms with E-state index in [9.17, 15) is 4.79 Å². The van der Waals surface area contributed by atoms with Gasteiger partial charge in [0.15, 0.2) is 6.10 Å². The van der Waals surface area contributed by atoms with E-state index in [4.69, 9.17) is 4.74 Å². The molecule has 1 aromatic carbocycles. The molecule has 1 aliphatic heterocycles. The summed E-state index contributed by atoms with van der Waals surface area (Å²) in [5, 5.41) is 2.97. The average Bonchev–Trinajstić information content (AvgIpc) is 3.06. The highest BCUT2D eigenvalue weighted by molar-refractivity contribution is 5.83. The van der Waals surface area contributed by atoms with E-state index in [0.717, 1.165) is 5.56 Å². The summed E-state index contributed by atoms with van der Waals surface area (Å²) < 4.78 is 5.15. The first kappa shape index (κ1) is 13.1. The maximum absolute atomic E-state index is 11.7. The van der Waals surface area contributed by atoms with E-state index in [1.165, 1.54) is 5.56 Å². The molecule has 1 fully saturated rings. The van der Waals surface area contributed by atoms with Crippen molar-refractivity contribution in [1.82, 2.24) is 5.32 Å². The number of amides is 1. The molecule has 1 saturated heterocycles. The van der Waals surface area contributed by atoms with Gasteiger partial charge < -0.3 is 10.1 Å². The van der Waals surface area contributed by atoms with E-state index < -0.39 is 0 Å². The number of rotatable bonds is 4. The molecule has 3 nitrogen and oxygen atoms in total. The average molecular weight is 247 g/mol. The molecule has 0 radical (unpaired) electrons. The number of ether oxygens (including phenoxy) is 1. The van der Waals surface area contributed by atoms with Crippen molar-refractivity contribution in [2.45, 2.75) is 51.9 Å². The fourth-order valence-corrected chi connectivity index (χ4v) is 2.01. The van der Waals surface area contributed by atoms with Crippen molar-refractivity contribution in [3.8, 4) is 0 Å². The maximum Gasteiger partial charge on any atom is 0.252 e. The van der Waals surface area contributed by atoms with Crippen LogP contribution >= 0.6 is 0 Å². The second kappa shape index (κ2) is 5.11. The van der Waals surface area contributed by atoms with E-state index in [0.29, 0.717) is 5.92 Å². The van der Waals surface area contributed by atoms with Gasteiger partial charge in [0.05, 0.1) is 12.1 Å². The molecule has 1 aliphatic rings. The number of carbonyl (C=O) groups excluding carboxylic acids is 1. The first-order chi connectivity index (χ1) is 8.49. The van der Waals surface area contributed by atoms with Crippen LogP contribution in [0.1, 0.15) is 50.8 Å². The Morgan fingerprint density at radius 1 is 1.17 bits per heavy atom. The molecule has 1 unspecified atom stereocenters. The Hall–Kier alpha value is -1.35. The number of benzene rings is 1. The van der Waals surface area contributed by atoms with Crippen LogP contribution in [0.4, 0.5) is 0 Å². The molecule has 0 bridgehead atoms. The highest BCUT2D eigenvalue weighted by Gasteiger charge is 2.41. The highest BCUT2D eigenvalue weighted by Crippen LogP contribution is 2.23. The van der Waals surface area contributed by atoms with Crippen LogP contribution in [0, 0.1) is 0 Å². The van der Waals surface area contributed by atoms with Crippen LogP contribution < -0.4 is 5.32 Å². The summed E-state index contributed by atoms with van der Waals surface area (Å²) in [7, 11) is 0. The Balaban J connectivity index is 1.96. The molecule has 2 rings (SSSR count). The molecular formula is C15H21NO2. The minimum atomic E-state index is -0.248. The van der Waals surface area contributed by atoms with Crippen molar-refractivity contribution in [3.05, 3.63) is 35.4 Å². The monoisotopic (exact) mass is 247 g/mol. The second-order valence-electron chi connectivity index (χ2n) is 5.31. The molecule has 3 atom stereocenters. The molecule has 18 heavy (non-hydrogen) atoms. The molecule has 1 heterocycles. The topological polar surface area (TPSA) is 41.6 Å². The fourth-order valence-electron chi connectivity index (χ4n) is 2.01. The maximum atomic E-state index is 11.7. The van der Waals surface area contributed by atoms with Gasteiger partial charge in [-0.3, -0.25) is 4.79 Å². The number of carbonyl (C=O) groups is 1. The van der Waals surface area contributed by atoms with Crippen LogP contribution in [-0.4, -0.2) is 18.1 Å². The molecule has 0 aromatic heterocycles. The first-order valence-electron chi connectivity index (χ1n) is 6.54. The van der Waals surface area contributed by atoms with Gasteiger partial charge in [0.1, 0.15) is 0 Å². The van der Waals surface area contributed by atoms with Gasteiger partial charge in [0.2, 0.25) is 0 Å². The van der Waals surface area contributed by atoms with E-state index in [1.54, 1.807) is 0 Å². The number of hydrogen-bond acceptors (Lipinski definition) is 2. The largest absolute Gasteiger partial charge is 0.359 e. The van der Waals surface area contributed by atoms with Crippen LogP contribution in [0.2, 0.25) is 0 Å². The Kier molecular flexibility index (Phi) is 3.71. The lowest BCUT2D eigenvalue weighted by molar-refractivity contribution is -0.122. The first-order valence-corrected chi connectivity index (χ1v) is 6.54. The third-order valence-electron chi connectivity index (χ3n) is 3.43. The third-order valence-corrected chi connectivity index (χ3v) is 3.43. The minimum absolute atomic E-state index is 0.0112. The Morgan fingerprint density at radius 3 is 2.11 bits per heavy atom. The zero-order valence-electron chi connectivity index (χ0n) is 11.4. The molecule has 1 amide bonds. The van der Waals surface area contributed by atoms with Gasteiger partial charge in [-0.05, 0) is 30.9 Å². The van der Waals surface area contributed by atoms with Crippen LogP contribution in [0.5, 0.6) is 0 Å². The quantitative estimate of drug-likeness (QED) is 0.831. The molecular weight excluding hydrogens is 226 g/mol. The summed E-state index contributed by atoms with van der Waals surface area (Å²) in [6, 6.07) is 8.43. The lowest BCUT2D eigenvalue weighted by Gasteiger charge is -2.15. The van der Waals surface area contributed by atoms with Crippen molar-refractivity contribution in [1.29, 1.82) is 0 Å². The Labute approximate surface area is 109 Å². The molecule has 0 saturated carbocycles. The van der Waals surface area contributed by atoms with Crippen LogP contribution in [-0.2, 0) is 9.53 Å². The standard InChI is InChI=1S/C15H21NO2/c1-9(2)12-5-7-13(8-6-12)10(3)16-15(17)14-11(4)18-14/h5-11,14H,1-4H3,(H,16,17)/t10?,11-,14+/m0/s1. The SMILES string of the molecule is CC(C)c1ccc(C(C)NC(=O)[C@@H]2O[C@H]2C)cc1. The van der Waals surface area contributed by atoms with E-state index in [1.807, 2.05) is 13.8 Å². The molecule has 1 N–H and O–H groups in total. The van der Waals surface area contributed by atoms with Gasteiger partial charge in [-0.1, -0.05) is 38.1 Å². The van der Waals surface area contributed by atoms with E-state index in [-0.39, 0.29) is 24.2 Å². The Bertz CT molecular complexity index is 425. The van der Waals surface area contributed by atoms with Gasteiger partial charge in [0, 0.05) is 0 Å². The molecule has 3 heteroatoms. The van der Waals surface area contributed by atoms with Gasteiger partial charge in [0.25, 0.3) is 5.91 Å². The molecule has 1 aromatic rings. The molecule has 98 valence electrons. The van der Waals surface area contributed by atoms with Crippen LogP contribution in [0.25, 0.3) is 0 Å². The van der Waals surface area contributed by atoms with Crippen LogP contribution in [0.15, 0.2) is 24.3 Å². The summed E-state index contributed by atoms with van der Waals surface area (Å²) in [4.78, 5) is 11.7. The van der Waals surface area contributed by atoms with Gasteiger partial charge in [-0.2, -0.15) is 0 Å². The van der Waals surface area contributed by atoms with E-state index in [2.05, 4.69) is 43.4 Å². The zero-order valence-corrected chi connectivity index (χ0v) is 11.4. The lowest BCUT2D eigenvalue weighted by atomic mass is 9.99. The van der Waals surface area contributed by atoms with Crippen LogP contribution in [0.3, 0.4) is 0 Å². The summed E-state index contributed by atoms with van der Waals surface area (Å²) in [5.41, 5.74) is 2.44. The number of hydrogen-bond donors (Lipinski definition) is 1.